The molecule has 0 unspecified atom stereocenters. The zero-order valence-electron chi connectivity index (χ0n) is 17.2. The Morgan fingerprint density at radius 1 is 1.16 bits per heavy atom. The Labute approximate surface area is 185 Å². The molecule has 3 aromatic rings. The van der Waals surface area contributed by atoms with Crippen molar-refractivity contribution in [2.45, 2.75) is 25.4 Å². The molecule has 2 amide bonds. The van der Waals surface area contributed by atoms with Crippen molar-refractivity contribution in [3.05, 3.63) is 88.7 Å². The highest BCUT2D eigenvalue weighted by atomic mass is 35.5. The van der Waals surface area contributed by atoms with Gasteiger partial charge in [0.25, 0.3) is 5.91 Å². The molecule has 6 nitrogen and oxygen atoms in total. The van der Waals surface area contributed by atoms with E-state index in [1.807, 2.05) is 31.2 Å². The van der Waals surface area contributed by atoms with Crippen molar-refractivity contribution >= 4 is 29.1 Å². The predicted octanol–water partition coefficient (Wildman–Crippen LogP) is 4.71. The fourth-order valence-electron chi connectivity index (χ4n) is 3.80. The highest BCUT2D eigenvalue weighted by Gasteiger charge is 2.40. The molecule has 0 spiro atoms. The summed E-state index contributed by atoms with van der Waals surface area (Å²) in [6, 6.07) is 17.3. The molecule has 7 heteroatoms. The van der Waals surface area contributed by atoms with Gasteiger partial charge in [-0.25, -0.2) is 0 Å². The van der Waals surface area contributed by atoms with Gasteiger partial charge >= 0.3 is 0 Å². The quantitative estimate of drug-likeness (QED) is 0.608. The lowest BCUT2D eigenvalue weighted by Crippen LogP contribution is -2.34. The molecule has 0 saturated carbocycles. The average Bonchev–Trinajstić information content (AvgIpc) is 3.06. The lowest BCUT2D eigenvalue weighted by atomic mass is 10.1. The lowest BCUT2D eigenvalue weighted by molar-refractivity contribution is -0.122. The van der Waals surface area contributed by atoms with Crippen molar-refractivity contribution in [1.29, 1.82) is 0 Å². The van der Waals surface area contributed by atoms with Crippen LogP contribution in [0.1, 0.15) is 47.0 Å². The first-order chi connectivity index (χ1) is 15.0. The van der Waals surface area contributed by atoms with Gasteiger partial charge in [0, 0.05) is 16.9 Å². The number of benzene rings is 2. The molecule has 158 valence electrons. The zero-order chi connectivity index (χ0) is 22.0. The topological polar surface area (TPSA) is 71.5 Å². The fourth-order valence-corrected chi connectivity index (χ4v) is 3.92. The van der Waals surface area contributed by atoms with Crippen LogP contribution in [0.3, 0.4) is 0 Å². The summed E-state index contributed by atoms with van der Waals surface area (Å²) < 4.78 is 5.18. The van der Waals surface area contributed by atoms with Gasteiger partial charge < -0.3 is 10.1 Å². The Balaban J connectivity index is 1.55. The second kappa shape index (κ2) is 8.78. The standard InChI is InChI=1S/C24H22ClN3O3/c1-15(16-5-11-19(31-2)12-6-16)27-22(29)14-21-23-20(4-3-13-26-23)24(30)28(21)18-9-7-17(25)8-10-18/h3-13,15,21H,14H2,1-2H3,(H,27,29)/t15-,21+/m1/s1. The number of aromatic nitrogens is 1. The van der Waals surface area contributed by atoms with E-state index in [4.69, 9.17) is 16.3 Å². The minimum atomic E-state index is -0.493. The van der Waals surface area contributed by atoms with Crippen molar-refractivity contribution in [3.63, 3.8) is 0 Å². The molecule has 0 radical (unpaired) electrons. The molecule has 2 aromatic carbocycles. The van der Waals surface area contributed by atoms with Crippen LogP contribution in [0.25, 0.3) is 0 Å². The number of methoxy groups -OCH3 is 1. The maximum absolute atomic E-state index is 13.1. The van der Waals surface area contributed by atoms with Crippen LogP contribution in [-0.4, -0.2) is 23.9 Å². The van der Waals surface area contributed by atoms with Crippen LogP contribution in [0.15, 0.2) is 66.9 Å². The van der Waals surface area contributed by atoms with Gasteiger partial charge in [-0.05, 0) is 61.0 Å². The molecule has 2 heterocycles. The van der Waals surface area contributed by atoms with E-state index >= 15 is 0 Å². The van der Waals surface area contributed by atoms with E-state index < -0.39 is 6.04 Å². The first-order valence-corrected chi connectivity index (χ1v) is 10.3. The minimum absolute atomic E-state index is 0.0961. The Morgan fingerprint density at radius 2 is 1.87 bits per heavy atom. The minimum Gasteiger partial charge on any atom is -0.497 e. The van der Waals surface area contributed by atoms with Crippen LogP contribution >= 0.6 is 11.6 Å². The Hall–Kier alpha value is -3.38. The van der Waals surface area contributed by atoms with Crippen molar-refractivity contribution in [3.8, 4) is 5.75 Å². The summed E-state index contributed by atoms with van der Waals surface area (Å²) in [6.45, 7) is 1.92. The second-order valence-corrected chi connectivity index (χ2v) is 7.81. The van der Waals surface area contributed by atoms with E-state index in [-0.39, 0.29) is 24.3 Å². The van der Waals surface area contributed by atoms with Crippen LogP contribution in [0.2, 0.25) is 5.02 Å². The number of halogens is 1. The third-order valence-corrected chi connectivity index (χ3v) is 5.64. The Morgan fingerprint density at radius 3 is 2.55 bits per heavy atom. The summed E-state index contributed by atoms with van der Waals surface area (Å²) in [5, 5.41) is 3.60. The number of carbonyl (C=O) groups is 2. The van der Waals surface area contributed by atoms with E-state index in [0.717, 1.165) is 11.3 Å². The van der Waals surface area contributed by atoms with E-state index in [0.29, 0.717) is 22.0 Å². The summed E-state index contributed by atoms with van der Waals surface area (Å²) in [6.07, 6.45) is 1.74. The average molecular weight is 436 g/mol. The number of anilines is 1. The van der Waals surface area contributed by atoms with E-state index in [2.05, 4.69) is 10.3 Å². The van der Waals surface area contributed by atoms with Crippen LogP contribution in [-0.2, 0) is 4.79 Å². The Bertz CT molecular complexity index is 1100. The van der Waals surface area contributed by atoms with Gasteiger partial charge in [-0.3, -0.25) is 19.5 Å². The summed E-state index contributed by atoms with van der Waals surface area (Å²) >= 11 is 6.01. The molecule has 31 heavy (non-hydrogen) atoms. The maximum atomic E-state index is 13.1. The number of amides is 2. The third kappa shape index (κ3) is 4.25. The molecule has 0 bridgehead atoms. The van der Waals surface area contributed by atoms with Gasteiger partial charge in [-0.15, -0.1) is 0 Å². The molecule has 0 fully saturated rings. The van der Waals surface area contributed by atoms with Crippen LogP contribution in [0.5, 0.6) is 5.75 Å². The van der Waals surface area contributed by atoms with Gasteiger partial charge in [-0.1, -0.05) is 23.7 Å². The van der Waals surface area contributed by atoms with E-state index in [1.165, 1.54) is 0 Å². The van der Waals surface area contributed by atoms with Gasteiger partial charge in [0.1, 0.15) is 5.75 Å². The highest BCUT2D eigenvalue weighted by molar-refractivity contribution is 6.30. The molecule has 0 aliphatic carbocycles. The molecule has 1 aliphatic heterocycles. The van der Waals surface area contributed by atoms with Crippen molar-refractivity contribution in [2.75, 3.05) is 12.0 Å². The summed E-state index contributed by atoms with van der Waals surface area (Å²) in [5.41, 5.74) is 2.76. The molecule has 0 saturated heterocycles. The largest absolute Gasteiger partial charge is 0.497 e. The molecule has 4 rings (SSSR count). The number of hydrogen-bond donors (Lipinski definition) is 1. The number of pyridine rings is 1. The molecule has 1 N–H and O–H groups in total. The normalized spacial score (nSPS) is 16.0. The smallest absolute Gasteiger partial charge is 0.260 e. The fraction of sp³-hybridized carbons (Fsp3) is 0.208. The molecule has 1 aliphatic rings. The SMILES string of the molecule is COc1ccc([C@@H](C)NC(=O)C[C@H]2c3ncccc3C(=O)N2c2ccc(Cl)cc2)cc1. The van der Waals surface area contributed by atoms with Crippen LogP contribution in [0, 0.1) is 0 Å². The van der Waals surface area contributed by atoms with E-state index in [9.17, 15) is 9.59 Å². The number of nitrogens with one attached hydrogen (secondary N) is 1. The lowest BCUT2D eigenvalue weighted by Gasteiger charge is -2.25. The number of nitrogens with zero attached hydrogens (tertiary/aromatic N) is 2. The summed E-state index contributed by atoms with van der Waals surface area (Å²) in [5.74, 6) is 0.415. The molecule has 1 aromatic heterocycles. The number of fused-ring (bicyclic) bond motifs is 1. The second-order valence-electron chi connectivity index (χ2n) is 7.37. The maximum Gasteiger partial charge on any atom is 0.260 e. The summed E-state index contributed by atoms with van der Waals surface area (Å²) in [4.78, 5) is 32.0. The van der Waals surface area contributed by atoms with Crippen molar-refractivity contribution in [2.24, 2.45) is 0 Å². The number of carbonyl (C=O) groups excluding carboxylic acids is 2. The van der Waals surface area contributed by atoms with Crippen LogP contribution < -0.4 is 15.0 Å². The first-order valence-electron chi connectivity index (χ1n) is 9.95. The first kappa shape index (κ1) is 20.9. The highest BCUT2D eigenvalue weighted by Crippen LogP contribution is 2.38. The predicted molar refractivity (Wildman–Crippen MR) is 119 cm³/mol. The Kier molecular flexibility index (Phi) is 5.91. The number of rotatable bonds is 6. The van der Waals surface area contributed by atoms with Crippen molar-refractivity contribution < 1.29 is 14.3 Å². The van der Waals surface area contributed by atoms with Gasteiger partial charge in [0.05, 0.1) is 36.9 Å². The van der Waals surface area contributed by atoms with Gasteiger partial charge in [0.15, 0.2) is 0 Å². The van der Waals surface area contributed by atoms with Gasteiger partial charge in [-0.2, -0.15) is 0 Å². The third-order valence-electron chi connectivity index (χ3n) is 5.39. The van der Waals surface area contributed by atoms with Crippen LogP contribution in [0.4, 0.5) is 5.69 Å². The molecular weight excluding hydrogens is 414 g/mol. The van der Waals surface area contributed by atoms with Gasteiger partial charge in [0.2, 0.25) is 5.91 Å². The van der Waals surface area contributed by atoms with E-state index in [1.54, 1.807) is 54.6 Å². The molecular formula is C24H22ClN3O3. The summed E-state index contributed by atoms with van der Waals surface area (Å²) in [7, 11) is 1.61. The van der Waals surface area contributed by atoms with Crippen molar-refractivity contribution in [1.82, 2.24) is 10.3 Å². The number of ether oxygens (including phenoxy) is 1. The number of hydrogen-bond acceptors (Lipinski definition) is 4. The zero-order valence-corrected chi connectivity index (χ0v) is 18.0. The monoisotopic (exact) mass is 435 g/mol. The molecule has 2 atom stereocenters.